The van der Waals surface area contributed by atoms with Crippen LogP contribution in [0.1, 0.15) is 47.9 Å². The maximum absolute atomic E-state index is 12.3. The first-order valence-corrected chi connectivity index (χ1v) is 12.8. The maximum atomic E-state index is 12.3. The second kappa shape index (κ2) is 11.3. The number of aromatic nitrogens is 1. The van der Waals surface area contributed by atoms with E-state index in [9.17, 15) is 4.79 Å². The van der Waals surface area contributed by atoms with E-state index in [4.69, 9.17) is 9.47 Å². The van der Waals surface area contributed by atoms with Crippen LogP contribution in [0.5, 0.6) is 5.75 Å². The van der Waals surface area contributed by atoms with Crippen LogP contribution in [0.4, 0.5) is 5.82 Å². The van der Waals surface area contributed by atoms with Crippen LogP contribution in [-0.4, -0.2) is 30.7 Å². The first-order chi connectivity index (χ1) is 17.7. The summed E-state index contributed by atoms with van der Waals surface area (Å²) in [7, 11) is 0. The number of pyridine rings is 1. The fraction of sp³-hybridized carbons (Fsp3) is 0.290. The molecule has 0 radical (unpaired) electrons. The smallest absolute Gasteiger partial charge is 0.306 e. The lowest BCUT2D eigenvalue weighted by Crippen LogP contribution is -2.13. The number of carbonyl (C=O) groups excluding carboxylic acids is 1. The Morgan fingerprint density at radius 3 is 2.78 bits per heavy atom. The van der Waals surface area contributed by atoms with E-state index in [0.717, 1.165) is 42.8 Å². The molecule has 1 aliphatic carbocycles. The van der Waals surface area contributed by atoms with Gasteiger partial charge >= 0.3 is 5.97 Å². The summed E-state index contributed by atoms with van der Waals surface area (Å²) in [6.07, 6.45) is 4.78. The molecule has 0 bridgehead atoms. The summed E-state index contributed by atoms with van der Waals surface area (Å²) in [6.45, 7) is 3.68. The number of ether oxygens (including phenoxy) is 2. The second-order valence-corrected chi connectivity index (χ2v) is 9.23. The van der Waals surface area contributed by atoms with E-state index in [1.807, 2.05) is 31.3 Å². The molecule has 36 heavy (non-hydrogen) atoms. The van der Waals surface area contributed by atoms with Gasteiger partial charge in [-0.25, -0.2) is 4.98 Å². The molecule has 1 atom stereocenters. The molecule has 0 spiro atoms. The van der Waals surface area contributed by atoms with Crippen molar-refractivity contribution in [2.45, 2.75) is 38.5 Å². The van der Waals surface area contributed by atoms with Gasteiger partial charge in [0.25, 0.3) is 0 Å². The monoisotopic (exact) mass is 480 g/mol. The van der Waals surface area contributed by atoms with E-state index in [2.05, 4.69) is 64.9 Å². The zero-order valence-corrected chi connectivity index (χ0v) is 20.7. The molecule has 1 unspecified atom stereocenters. The number of carbonyl (C=O) groups is 1. The number of anilines is 1. The van der Waals surface area contributed by atoms with Gasteiger partial charge < -0.3 is 14.8 Å². The van der Waals surface area contributed by atoms with E-state index < -0.39 is 0 Å². The van der Waals surface area contributed by atoms with Gasteiger partial charge in [0.15, 0.2) is 0 Å². The van der Waals surface area contributed by atoms with E-state index in [0.29, 0.717) is 19.6 Å². The molecule has 1 heterocycles. The lowest BCUT2D eigenvalue weighted by Gasteiger charge is -2.17. The molecule has 3 aromatic carbocycles. The second-order valence-electron chi connectivity index (χ2n) is 9.23. The Morgan fingerprint density at radius 1 is 1.00 bits per heavy atom. The summed E-state index contributed by atoms with van der Waals surface area (Å²) in [5, 5.41) is 5.76. The predicted octanol–water partition coefficient (Wildman–Crippen LogP) is 6.30. The normalized spacial score (nSPS) is 14.4. The minimum Gasteiger partial charge on any atom is -0.494 e. The van der Waals surface area contributed by atoms with Crippen molar-refractivity contribution < 1.29 is 14.3 Å². The SMILES string of the molecule is CCOC(=O)CC1Cc2ccc(OCCCNc3nccc4ccccc34)cc2Cc2ccccc21. The van der Waals surface area contributed by atoms with Crippen LogP contribution in [0.25, 0.3) is 10.8 Å². The van der Waals surface area contributed by atoms with Crippen molar-refractivity contribution in [3.05, 3.63) is 101 Å². The third-order valence-electron chi connectivity index (χ3n) is 6.79. The molecule has 0 saturated heterocycles. The zero-order valence-electron chi connectivity index (χ0n) is 20.7. The highest BCUT2D eigenvalue weighted by atomic mass is 16.5. The molecule has 0 aliphatic heterocycles. The number of esters is 1. The van der Waals surface area contributed by atoms with Crippen LogP contribution >= 0.6 is 0 Å². The highest BCUT2D eigenvalue weighted by Gasteiger charge is 2.25. The number of benzene rings is 3. The number of nitrogens with zero attached hydrogens (tertiary/aromatic N) is 1. The number of fused-ring (bicyclic) bond motifs is 3. The van der Waals surface area contributed by atoms with Gasteiger partial charge in [-0.3, -0.25) is 4.79 Å². The van der Waals surface area contributed by atoms with Gasteiger partial charge in [0.2, 0.25) is 0 Å². The number of nitrogens with one attached hydrogen (secondary N) is 1. The van der Waals surface area contributed by atoms with Gasteiger partial charge in [0, 0.05) is 18.1 Å². The van der Waals surface area contributed by atoms with Gasteiger partial charge in [-0.15, -0.1) is 0 Å². The van der Waals surface area contributed by atoms with Crippen molar-refractivity contribution in [2.24, 2.45) is 0 Å². The summed E-state index contributed by atoms with van der Waals surface area (Å²) in [6, 6.07) is 25.1. The minimum absolute atomic E-state index is 0.127. The standard InChI is InChI=1S/C31H32N2O3/c1-2-35-30(34)21-26-18-23-12-13-27(20-25(23)19-24-9-4-5-10-28(24)26)36-17-7-15-32-31-29-11-6-3-8-22(29)14-16-33-31/h3-6,8-14,16,20,26H,2,7,15,17-19,21H2,1H3,(H,32,33). The molecule has 5 heteroatoms. The van der Waals surface area contributed by atoms with Crippen molar-refractivity contribution in [3.63, 3.8) is 0 Å². The average molecular weight is 481 g/mol. The Hall–Kier alpha value is -3.86. The van der Waals surface area contributed by atoms with Crippen molar-refractivity contribution in [1.29, 1.82) is 0 Å². The lowest BCUT2D eigenvalue weighted by atomic mass is 9.89. The molecular weight excluding hydrogens is 448 g/mol. The molecule has 5 nitrogen and oxygen atoms in total. The van der Waals surface area contributed by atoms with Gasteiger partial charge in [0.1, 0.15) is 11.6 Å². The quantitative estimate of drug-likeness (QED) is 0.225. The third kappa shape index (κ3) is 5.51. The molecule has 0 fully saturated rings. The maximum Gasteiger partial charge on any atom is 0.306 e. The molecule has 5 rings (SSSR count). The third-order valence-corrected chi connectivity index (χ3v) is 6.79. The lowest BCUT2D eigenvalue weighted by molar-refractivity contribution is -0.143. The van der Waals surface area contributed by atoms with Gasteiger partial charge in [0.05, 0.1) is 19.6 Å². The Balaban J connectivity index is 1.21. The van der Waals surface area contributed by atoms with Gasteiger partial charge in [-0.05, 0) is 77.9 Å². The highest BCUT2D eigenvalue weighted by Crippen LogP contribution is 2.35. The Bertz CT molecular complexity index is 1350. The minimum atomic E-state index is -0.131. The number of hydrogen-bond acceptors (Lipinski definition) is 5. The van der Waals surface area contributed by atoms with E-state index in [1.54, 1.807) is 0 Å². The summed E-state index contributed by atoms with van der Waals surface area (Å²) < 4.78 is 11.4. The highest BCUT2D eigenvalue weighted by molar-refractivity contribution is 5.91. The fourth-order valence-corrected chi connectivity index (χ4v) is 5.06. The van der Waals surface area contributed by atoms with E-state index in [1.165, 1.54) is 27.6 Å². The van der Waals surface area contributed by atoms with Crippen LogP contribution in [-0.2, 0) is 22.4 Å². The first-order valence-electron chi connectivity index (χ1n) is 12.8. The van der Waals surface area contributed by atoms with Crippen LogP contribution in [0.3, 0.4) is 0 Å². The predicted molar refractivity (Wildman–Crippen MR) is 144 cm³/mol. The van der Waals surface area contributed by atoms with Crippen LogP contribution in [0.15, 0.2) is 79.0 Å². The zero-order chi connectivity index (χ0) is 24.7. The molecular formula is C31H32N2O3. The van der Waals surface area contributed by atoms with Crippen molar-refractivity contribution >= 4 is 22.6 Å². The van der Waals surface area contributed by atoms with Crippen LogP contribution in [0.2, 0.25) is 0 Å². The fourth-order valence-electron chi connectivity index (χ4n) is 5.06. The van der Waals surface area contributed by atoms with E-state index in [-0.39, 0.29) is 11.9 Å². The average Bonchev–Trinajstić information content (AvgIpc) is 3.05. The molecule has 0 saturated carbocycles. The van der Waals surface area contributed by atoms with Crippen LogP contribution < -0.4 is 10.1 Å². The molecule has 184 valence electrons. The van der Waals surface area contributed by atoms with Gasteiger partial charge in [-0.1, -0.05) is 54.6 Å². The largest absolute Gasteiger partial charge is 0.494 e. The van der Waals surface area contributed by atoms with Crippen LogP contribution in [0, 0.1) is 0 Å². The van der Waals surface area contributed by atoms with Crippen molar-refractivity contribution in [1.82, 2.24) is 4.98 Å². The Morgan fingerprint density at radius 2 is 1.86 bits per heavy atom. The van der Waals surface area contributed by atoms with E-state index >= 15 is 0 Å². The summed E-state index contributed by atoms with van der Waals surface area (Å²) in [5.41, 5.74) is 5.06. The summed E-state index contributed by atoms with van der Waals surface area (Å²) in [5.74, 6) is 1.79. The summed E-state index contributed by atoms with van der Waals surface area (Å²) in [4.78, 5) is 16.8. The molecule has 1 N–H and O–H groups in total. The molecule has 1 aliphatic rings. The summed E-state index contributed by atoms with van der Waals surface area (Å²) >= 11 is 0. The Kier molecular flexibility index (Phi) is 7.46. The van der Waals surface area contributed by atoms with Crippen molar-refractivity contribution in [2.75, 3.05) is 25.1 Å². The van der Waals surface area contributed by atoms with Gasteiger partial charge in [-0.2, -0.15) is 0 Å². The molecule has 0 amide bonds. The Labute approximate surface area is 212 Å². The molecule has 4 aromatic rings. The number of rotatable bonds is 9. The molecule has 1 aromatic heterocycles. The topological polar surface area (TPSA) is 60.5 Å². The first kappa shape index (κ1) is 23.9. The number of hydrogen-bond donors (Lipinski definition) is 1. The van der Waals surface area contributed by atoms with Crippen molar-refractivity contribution in [3.8, 4) is 5.75 Å².